The molecule has 3 aromatic rings. The molecule has 22 heavy (non-hydrogen) atoms. The van der Waals surface area contributed by atoms with Crippen LogP contribution in [0.2, 0.25) is 5.02 Å². The number of thiazole rings is 1. The van der Waals surface area contributed by atoms with Gasteiger partial charge in [-0.2, -0.15) is 0 Å². The van der Waals surface area contributed by atoms with E-state index in [0.29, 0.717) is 16.5 Å². The summed E-state index contributed by atoms with van der Waals surface area (Å²) in [7, 11) is 0. The molecule has 1 N–H and O–H groups in total. The van der Waals surface area contributed by atoms with E-state index in [1.54, 1.807) is 23.7 Å². The molecule has 3 rings (SSSR count). The standard InChI is InChI=1S/C16H12ClN3OS/c1-10-6-7-18-14(8-10)20-15(21)13-9-22-16(19-13)11-2-4-12(17)5-3-11/h2-9H,1H3,(H,18,20,21). The highest BCUT2D eigenvalue weighted by Crippen LogP contribution is 2.25. The van der Waals surface area contributed by atoms with Crippen molar-refractivity contribution in [1.29, 1.82) is 0 Å². The summed E-state index contributed by atoms with van der Waals surface area (Å²) in [6.07, 6.45) is 1.66. The van der Waals surface area contributed by atoms with Crippen LogP contribution >= 0.6 is 22.9 Å². The number of nitrogens with one attached hydrogen (secondary N) is 1. The average Bonchev–Trinajstić information content (AvgIpc) is 2.98. The number of carbonyl (C=O) groups excluding carboxylic acids is 1. The first-order valence-corrected chi connectivity index (χ1v) is 7.83. The van der Waals surface area contributed by atoms with E-state index in [1.165, 1.54) is 11.3 Å². The lowest BCUT2D eigenvalue weighted by molar-refractivity contribution is 0.102. The number of rotatable bonds is 3. The molecule has 0 saturated heterocycles. The van der Waals surface area contributed by atoms with Gasteiger partial charge in [-0.05, 0) is 36.8 Å². The van der Waals surface area contributed by atoms with Crippen molar-refractivity contribution in [1.82, 2.24) is 9.97 Å². The fraction of sp³-hybridized carbons (Fsp3) is 0.0625. The van der Waals surface area contributed by atoms with E-state index in [4.69, 9.17) is 11.6 Å². The number of anilines is 1. The molecule has 4 nitrogen and oxygen atoms in total. The van der Waals surface area contributed by atoms with Gasteiger partial charge in [0.05, 0.1) is 0 Å². The van der Waals surface area contributed by atoms with Gasteiger partial charge in [0.15, 0.2) is 0 Å². The van der Waals surface area contributed by atoms with E-state index in [0.717, 1.165) is 16.1 Å². The third-order valence-corrected chi connectivity index (χ3v) is 4.13. The molecule has 2 heterocycles. The Bertz CT molecular complexity index is 814. The van der Waals surface area contributed by atoms with Crippen LogP contribution in [0.1, 0.15) is 16.1 Å². The van der Waals surface area contributed by atoms with Gasteiger partial charge in [0, 0.05) is 22.2 Å². The van der Waals surface area contributed by atoms with E-state index in [1.807, 2.05) is 31.2 Å². The third kappa shape index (κ3) is 3.32. The first kappa shape index (κ1) is 14.7. The Balaban J connectivity index is 1.78. The molecule has 1 aromatic carbocycles. The quantitative estimate of drug-likeness (QED) is 0.774. The molecule has 0 saturated carbocycles. The Labute approximate surface area is 136 Å². The minimum Gasteiger partial charge on any atom is -0.305 e. The molecule has 0 atom stereocenters. The summed E-state index contributed by atoms with van der Waals surface area (Å²) in [5.74, 6) is 0.251. The number of halogens is 1. The van der Waals surface area contributed by atoms with E-state index in [2.05, 4.69) is 15.3 Å². The van der Waals surface area contributed by atoms with Crippen LogP contribution in [0.15, 0.2) is 48.0 Å². The average molecular weight is 330 g/mol. The van der Waals surface area contributed by atoms with Gasteiger partial charge in [0.1, 0.15) is 16.5 Å². The van der Waals surface area contributed by atoms with Crippen molar-refractivity contribution in [3.05, 3.63) is 64.3 Å². The fourth-order valence-electron chi connectivity index (χ4n) is 1.89. The van der Waals surface area contributed by atoms with Crippen LogP contribution in [-0.2, 0) is 0 Å². The number of carbonyl (C=O) groups is 1. The van der Waals surface area contributed by atoms with Gasteiger partial charge in [-0.15, -0.1) is 11.3 Å². The Morgan fingerprint density at radius 3 is 2.73 bits per heavy atom. The Morgan fingerprint density at radius 1 is 1.23 bits per heavy atom. The maximum absolute atomic E-state index is 12.2. The number of aryl methyl sites for hydroxylation is 1. The monoisotopic (exact) mass is 329 g/mol. The van der Waals surface area contributed by atoms with Crippen LogP contribution in [0.25, 0.3) is 10.6 Å². The van der Waals surface area contributed by atoms with Gasteiger partial charge >= 0.3 is 0 Å². The van der Waals surface area contributed by atoms with Crippen molar-refractivity contribution in [3.8, 4) is 10.6 Å². The predicted molar refractivity (Wildman–Crippen MR) is 89.5 cm³/mol. The lowest BCUT2D eigenvalue weighted by Crippen LogP contribution is -2.13. The molecule has 1 amide bonds. The van der Waals surface area contributed by atoms with Gasteiger partial charge < -0.3 is 5.32 Å². The van der Waals surface area contributed by atoms with Crippen molar-refractivity contribution < 1.29 is 4.79 Å². The summed E-state index contributed by atoms with van der Waals surface area (Å²) in [5.41, 5.74) is 2.34. The predicted octanol–water partition coefficient (Wildman–Crippen LogP) is 4.42. The van der Waals surface area contributed by atoms with Crippen LogP contribution in [-0.4, -0.2) is 15.9 Å². The molecular weight excluding hydrogens is 318 g/mol. The summed E-state index contributed by atoms with van der Waals surface area (Å²) in [6.45, 7) is 1.94. The highest BCUT2D eigenvalue weighted by atomic mass is 35.5. The van der Waals surface area contributed by atoms with Crippen molar-refractivity contribution in [2.24, 2.45) is 0 Å². The summed E-state index contributed by atoms with van der Waals surface area (Å²) in [4.78, 5) is 20.7. The minimum atomic E-state index is -0.269. The maximum Gasteiger partial charge on any atom is 0.276 e. The minimum absolute atomic E-state index is 0.269. The SMILES string of the molecule is Cc1ccnc(NC(=O)c2csc(-c3ccc(Cl)cc3)n2)c1. The topological polar surface area (TPSA) is 54.9 Å². The molecular formula is C16H12ClN3OS. The second-order valence-corrected chi connectivity index (χ2v) is 6.01. The lowest BCUT2D eigenvalue weighted by atomic mass is 10.2. The first-order chi connectivity index (χ1) is 10.6. The fourth-order valence-corrected chi connectivity index (χ4v) is 2.82. The number of amides is 1. The summed E-state index contributed by atoms with van der Waals surface area (Å²) in [6, 6.07) is 11.0. The van der Waals surface area contributed by atoms with Crippen molar-refractivity contribution in [2.75, 3.05) is 5.32 Å². The number of pyridine rings is 1. The van der Waals surface area contributed by atoms with Gasteiger partial charge in [0.25, 0.3) is 5.91 Å². The van der Waals surface area contributed by atoms with E-state index in [-0.39, 0.29) is 5.91 Å². The summed E-state index contributed by atoms with van der Waals surface area (Å²) in [5, 5.41) is 5.92. The Morgan fingerprint density at radius 2 is 2.00 bits per heavy atom. The molecule has 0 bridgehead atoms. The number of hydrogen-bond donors (Lipinski definition) is 1. The van der Waals surface area contributed by atoms with E-state index >= 15 is 0 Å². The van der Waals surface area contributed by atoms with Crippen LogP contribution in [0.5, 0.6) is 0 Å². The number of hydrogen-bond acceptors (Lipinski definition) is 4. The van der Waals surface area contributed by atoms with Gasteiger partial charge in [-0.1, -0.05) is 23.7 Å². The summed E-state index contributed by atoms with van der Waals surface area (Å²) >= 11 is 7.28. The molecule has 0 aliphatic rings. The number of benzene rings is 1. The molecule has 6 heteroatoms. The highest BCUT2D eigenvalue weighted by Gasteiger charge is 2.12. The molecule has 2 aromatic heterocycles. The maximum atomic E-state index is 12.2. The molecule has 0 spiro atoms. The van der Waals surface area contributed by atoms with Crippen molar-refractivity contribution in [3.63, 3.8) is 0 Å². The smallest absolute Gasteiger partial charge is 0.276 e. The van der Waals surface area contributed by atoms with Gasteiger partial charge in [-0.3, -0.25) is 4.79 Å². The normalized spacial score (nSPS) is 10.5. The zero-order chi connectivity index (χ0) is 15.5. The van der Waals surface area contributed by atoms with Crippen molar-refractivity contribution in [2.45, 2.75) is 6.92 Å². The highest BCUT2D eigenvalue weighted by molar-refractivity contribution is 7.13. The molecule has 0 radical (unpaired) electrons. The van der Waals surface area contributed by atoms with Crippen LogP contribution < -0.4 is 5.32 Å². The molecule has 0 unspecified atom stereocenters. The van der Waals surface area contributed by atoms with E-state index in [9.17, 15) is 4.79 Å². The zero-order valence-electron chi connectivity index (χ0n) is 11.7. The van der Waals surface area contributed by atoms with Crippen molar-refractivity contribution >= 4 is 34.7 Å². The molecule has 110 valence electrons. The Hall–Kier alpha value is -2.24. The summed E-state index contributed by atoms with van der Waals surface area (Å²) < 4.78 is 0. The second kappa shape index (κ2) is 6.25. The van der Waals surface area contributed by atoms with Gasteiger partial charge in [-0.25, -0.2) is 9.97 Å². The second-order valence-electron chi connectivity index (χ2n) is 4.72. The lowest BCUT2D eigenvalue weighted by Gasteiger charge is -2.02. The first-order valence-electron chi connectivity index (χ1n) is 6.57. The molecule has 0 aliphatic carbocycles. The van der Waals surface area contributed by atoms with Crippen LogP contribution in [0.4, 0.5) is 5.82 Å². The molecule has 0 fully saturated rings. The number of nitrogens with zero attached hydrogens (tertiary/aromatic N) is 2. The van der Waals surface area contributed by atoms with E-state index < -0.39 is 0 Å². The third-order valence-electron chi connectivity index (χ3n) is 2.99. The molecule has 0 aliphatic heterocycles. The van der Waals surface area contributed by atoms with Crippen LogP contribution in [0, 0.1) is 6.92 Å². The Kier molecular flexibility index (Phi) is 4.18. The van der Waals surface area contributed by atoms with Crippen LogP contribution in [0.3, 0.4) is 0 Å². The van der Waals surface area contributed by atoms with Gasteiger partial charge in [0.2, 0.25) is 0 Å². The zero-order valence-corrected chi connectivity index (χ0v) is 13.3. The largest absolute Gasteiger partial charge is 0.305 e. The number of aromatic nitrogens is 2.